The van der Waals surface area contributed by atoms with Gasteiger partial charge in [0.25, 0.3) is 0 Å². The van der Waals surface area contributed by atoms with Crippen LogP contribution >= 0.6 is 23.4 Å². The predicted octanol–water partition coefficient (Wildman–Crippen LogP) is 5.69. The molecule has 0 bridgehead atoms. The van der Waals surface area contributed by atoms with E-state index in [-0.39, 0.29) is 11.9 Å². The molecule has 2 aromatic rings. The molecule has 0 aliphatic carbocycles. The van der Waals surface area contributed by atoms with Crippen LogP contribution in [-0.2, 0) is 10.5 Å². The molecule has 2 aromatic carbocycles. The first-order valence-corrected chi connectivity index (χ1v) is 11.5. The van der Waals surface area contributed by atoms with Gasteiger partial charge in [-0.05, 0) is 55.0 Å². The summed E-state index contributed by atoms with van der Waals surface area (Å²) in [5.74, 6) is 1.98. The van der Waals surface area contributed by atoms with Crippen LogP contribution in [0.25, 0.3) is 0 Å². The highest BCUT2D eigenvalue weighted by atomic mass is 35.5. The number of nitrogens with one attached hydrogen (secondary N) is 1. The van der Waals surface area contributed by atoms with E-state index in [1.165, 1.54) is 18.5 Å². The van der Waals surface area contributed by atoms with Gasteiger partial charge >= 0.3 is 0 Å². The molecule has 0 saturated carbocycles. The van der Waals surface area contributed by atoms with E-state index in [4.69, 9.17) is 11.6 Å². The molecule has 1 N–H and O–H groups in total. The third-order valence-corrected chi connectivity index (χ3v) is 6.59. The molecule has 1 amide bonds. The van der Waals surface area contributed by atoms with Crippen LogP contribution in [0.2, 0.25) is 5.02 Å². The molecular formula is C23H29ClN2OS. The summed E-state index contributed by atoms with van der Waals surface area (Å²) >= 11 is 7.75. The minimum Gasteiger partial charge on any atom is -0.371 e. The van der Waals surface area contributed by atoms with Gasteiger partial charge in [0.05, 0.1) is 11.8 Å². The Balaban J connectivity index is 1.46. The van der Waals surface area contributed by atoms with Crippen molar-refractivity contribution >= 4 is 35.0 Å². The number of halogens is 1. The number of amides is 1. The van der Waals surface area contributed by atoms with Crippen LogP contribution in [0.1, 0.15) is 43.9 Å². The van der Waals surface area contributed by atoms with E-state index in [9.17, 15) is 4.79 Å². The maximum Gasteiger partial charge on any atom is 0.230 e. The second-order valence-electron chi connectivity index (χ2n) is 7.66. The molecule has 28 heavy (non-hydrogen) atoms. The number of hydrogen-bond acceptors (Lipinski definition) is 3. The molecule has 3 rings (SSSR count). The zero-order valence-electron chi connectivity index (χ0n) is 16.7. The van der Waals surface area contributed by atoms with Crippen LogP contribution in [0.5, 0.6) is 0 Å². The average molecular weight is 417 g/mol. The molecule has 2 atom stereocenters. The lowest BCUT2D eigenvalue weighted by Crippen LogP contribution is -2.34. The van der Waals surface area contributed by atoms with Gasteiger partial charge < -0.3 is 10.2 Å². The Bertz CT molecular complexity index is 780. The first-order valence-electron chi connectivity index (χ1n) is 9.98. The van der Waals surface area contributed by atoms with Crippen molar-refractivity contribution in [3.8, 4) is 0 Å². The van der Waals surface area contributed by atoms with Gasteiger partial charge in [-0.3, -0.25) is 4.79 Å². The Labute approximate surface area is 177 Å². The van der Waals surface area contributed by atoms with E-state index in [1.807, 2.05) is 31.2 Å². The fourth-order valence-electron chi connectivity index (χ4n) is 3.63. The van der Waals surface area contributed by atoms with Gasteiger partial charge in [0.15, 0.2) is 0 Å². The number of benzene rings is 2. The fraction of sp³-hybridized carbons (Fsp3) is 0.435. The zero-order valence-corrected chi connectivity index (χ0v) is 18.2. The van der Waals surface area contributed by atoms with Gasteiger partial charge in [-0.2, -0.15) is 0 Å². The largest absolute Gasteiger partial charge is 0.371 e. The Morgan fingerprint density at radius 1 is 1.25 bits per heavy atom. The van der Waals surface area contributed by atoms with Crippen LogP contribution in [-0.4, -0.2) is 24.7 Å². The van der Waals surface area contributed by atoms with Crippen molar-refractivity contribution in [3.63, 3.8) is 0 Å². The third-order valence-electron chi connectivity index (χ3n) is 5.24. The molecular weight excluding hydrogens is 388 g/mol. The minimum atomic E-state index is 0.00254. The van der Waals surface area contributed by atoms with Crippen molar-refractivity contribution in [2.24, 2.45) is 5.92 Å². The number of anilines is 1. The Kier molecular flexibility index (Phi) is 7.69. The monoisotopic (exact) mass is 416 g/mol. The summed E-state index contributed by atoms with van der Waals surface area (Å²) in [5, 5.41) is 3.85. The molecule has 1 fully saturated rings. The quantitative estimate of drug-likeness (QED) is 0.629. The maximum absolute atomic E-state index is 12.3. The molecule has 5 heteroatoms. The first-order chi connectivity index (χ1) is 13.5. The number of carbonyl (C=O) groups excluding carboxylic acids is 1. The maximum atomic E-state index is 12.3. The highest BCUT2D eigenvalue weighted by molar-refractivity contribution is 7.99. The number of thioether (sulfide) groups is 1. The molecule has 1 saturated heterocycles. The Morgan fingerprint density at radius 2 is 2.00 bits per heavy atom. The van der Waals surface area contributed by atoms with E-state index in [0.29, 0.717) is 5.75 Å². The van der Waals surface area contributed by atoms with Crippen molar-refractivity contribution in [2.45, 2.75) is 38.5 Å². The number of rotatable bonds is 7. The third kappa shape index (κ3) is 5.92. The standard InChI is InChI=1S/C23H29ClN2OS/c1-17-6-5-13-26(14-17)21-11-9-19(10-12-21)18(2)25-23(27)16-28-15-20-7-3-4-8-22(20)24/h3-4,7-12,17-18H,5-6,13-16H2,1-2H3,(H,25,27)/t17-,18-/m0/s1. The molecule has 1 aliphatic heterocycles. The van der Waals surface area contributed by atoms with Crippen LogP contribution < -0.4 is 10.2 Å². The number of hydrogen-bond donors (Lipinski definition) is 1. The number of piperidine rings is 1. The minimum absolute atomic E-state index is 0.00254. The van der Waals surface area contributed by atoms with Gasteiger partial charge in [-0.15, -0.1) is 11.8 Å². The van der Waals surface area contributed by atoms with Gasteiger partial charge in [0.1, 0.15) is 0 Å². The highest BCUT2D eigenvalue weighted by Crippen LogP contribution is 2.25. The Hall–Kier alpha value is -1.65. The normalized spacial score (nSPS) is 18.0. The van der Waals surface area contributed by atoms with Crippen LogP contribution in [0.4, 0.5) is 5.69 Å². The van der Waals surface area contributed by atoms with Crippen LogP contribution in [0, 0.1) is 5.92 Å². The highest BCUT2D eigenvalue weighted by Gasteiger charge is 2.17. The molecule has 0 radical (unpaired) electrons. The molecule has 1 aliphatic rings. The summed E-state index contributed by atoms with van der Waals surface area (Å²) in [6.07, 6.45) is 2.59. The van der Waals surface area contributed by atoms with Crippen molar-refractivity contribution in [2.75, 3.05) is 23.7 Å². The summed E-state index contributed by atoms with van der Waals surface area (Å²) in [6, 6.07) is 16.4. The summed E-state index contributed by atoms with van der Waals surface area (Å²) in [5.41, 5.74) is 3.49. The first kappa shape index (κ1) is 21.1. The van der Waals surface area contributed by atoms with Crippen LogP contribution in [0.3, 0.4) is 0 Å². The van der Waals surface area contributed by atoms with Gasteiger partial charge in [-0.1, -0.05) is 48.9 Å². The number of carbonyl (C=O) groups is 1. The van der Waals surface area contributed by atoms with Gasteiger partial charge in [0, 0.05) is 29.6 Å². The molecule has 150 valence electrons. The summed E-state index contributed by atoms with van der Waals surface area (Å²) < 4.78 is 0. The SMILES string of the molecule is C[C@H]1CCCN(c2ccc([C@H](C)NC(=O)CSCc3ccccc3Cl)cc2)C1. The van der Waals surface area contributed by atoms with E-state index in [0.717, 1.165) is 40.9 Å². The Morgan fingerprint density at radius 3 is 2.71 bits per heavy atom. The summed E-state index contributed by atoms with van der Waals surface area (Å²) in [4.78, 5) is 14.7. The second-order valence-corrected chi connectivity index (χ2v) is 9.05. The lowest BCUT2D eigenvalue weighted by atomic mass is 9.99. The van der Waals surface area contributed by atoms with Crippen molar-refractivity contribution in [1.29, 1.82) is 0 Å². The van der Waals surface area contributed by atoms with Crippen molar-refractivity contribution in [3.05, 3.63) is 64.7 Å². The van der Waals surface area contributed by atoms with E-state index in [1.54, 1.807) is 11.8 Å². The summed E-state index contributed by atoms with van der Waals surface area (Å²) in [6.45, 7) is 6.63. The van der Waals surface area contributed by atoms with E-state index in [2.05, 4.69) is 41.4 Å². The average Bonchev–Trinajstić information content (AvgIpc) is 2.69. The smallest absolute Gasteiger partial charge is 0.230 e. The van der Waals surface area contributed by atoms with Gasteiger partial charge in [-0.25, -0.2) is 0 Å². The zero-order chi connectivity index (χ0) is 19.9. The molecule has 0 aromatic heterocycles. The van der Waals surface area contributed by atoms with Crippen LogP contribution in [0.15, 0.2) is 48.5 Å². The topological polar surface area (TPSA) is 32.3 Å². The fourth-order valence-corrected chi connectivity index (χ4v) is 4.76. The summed E-state index contributed by atoms with van der Waals surface area (Å²) in [7, 11) is 0. The molecule has 1 heterocycles. The lowest BCUT2D eigenvalue weighted by Gasteiger charge is -2.33. The second kappa shape index (κ2) is 10.2. The molecule has 0 unspecified atom stereocenters. The van der Waals surface area contributed by atoms with Crippen molar-refractivity contribution in [1.82, 2.24) is 5.32 Å². The van der Waals surface area contributed by atoms with E-state index < -0.39 is 0 Å². The van der Waals surface area contributed by atoms with Gasteiger partial charge in [0.2, 0.25) is 5.91 Å². The molecule has 3 nitrogen and oxygen atoms in total. The predicted molar refractivity (Wildman–Crippen MR) is 121 cm³/mol. The lowest BCUT2D eigenvalue weighted by molar-refractivity contribution is -0.119. The molecule has 0 spiro atoms. The number of nitrogens with zero attached hydrogens (tertiary/aromatic N) is 1. The van der Waals surface area contributed by atoms with E-state index >= 15 is 0 Å². The van der Waals surface area contributed by atoms with Crippen molar-refractivity contribution < 1.29 is 4.79 Å².